The molecule has 0 spiro atoms. The van der Waals surface area contributed by atoms with Crippen LogP contribution < -0.4 is 25.5 Å². The van der Waals surface area contributed by atoms with Gasteiger partial charge in [0.2, 0.25) is 11.8 Å². The second kappa shape index (κ2) is 9.62. The molecule has 3 aromatic rings. The van der Waals surface area contributed by atoms with Crippen molar-refractivity contribution in [3.63, 3.8) is 0 Å². The molecule has 1 fully saturated rings. The lowest BCUT2D eigenvalue weighted by atomic mass is 9.73. The van der Waals surface area contributed by atoms with Crippen molar-refractivity contribution in [3.8, 4) is 17.2 Å². The summed E-state index contributed by atoms with van der Waals surface area (Å²) in [6, 6.07) is 10.7. The van der Waals surface area contributed by atoms with E-state index in [0.717, 1.165) is 5.56 Å². The van der Waals surface area contributed by atoms with Gasteiger partial charge >= 0.3 is 0 Å². The molecule has 3 N–H and O–H groups in total. The molecule has 0 aliphatic carbocycles. The number of hydrogen-bond donors (Lipinski definition) is 2. The second-order valence-corrected chi connectivity index (χ2v) is 10.4. The first-order valence-corrected chi connectivity index (χ1v) is 13.0. The molecule has 2 bridgehead atoms. The standard InChI is InChI=1S/C26H28N4O6S/c1-26-12-16(14-6-4-5-7-18(14)36-26)22(23(27)31)25(33)30(26)8-9-37-13-21-28-17-11-20(35-3)19(34-2)10-15(17)24(32)29-21/h4-7,10-11,16,22H,8-9,12-13H2,1-3H3,(H2,27,31)(H,28,29,32)/t16-,22-,26+/m0/s1. The molecular weight excluding hydrogens is 496 g/mol. The SMILES string of the molecule is COc1cc2nc(CSCCN3C(=O)[C@H](C(N)=O)[C@H]4C[C@@]3(C)Oc3ccccc34)[nH]c(=O)c2cc1OC. The summed E-state index contributed by atoms with van der Waals surface area (Å²) < 4.78 is 16.9. The van der Waals surface area contributed by atoms with Crippen LogP contribution in [0.1, 0.15) is 30.7 Å². The topological polar surface area (TPSA) is 137 Å². The largest absolute Gasteiger partial charge is 0.493 e. The van der Waals surface area contributed by atoms with Gasteiger partial charge < -0.3 is 29.8 Å². The number of likely N-dealkylation sites (tertiary alicyclic amines) is 1. The maximum atomic E-state index is 13.4. The number of methoxy groups -OCH3 is 2. The van der Waals surface area contributed by atoms with E-state index in [1.165, 1.54) is 26.0 Å². The highest BCUT2D eigenvalue weighted by atomic mass is 32.2. The Morgan fingerprint density at radius 2 is 1.97 bits per heavy atom. The van der Waals surface area contributed by atoms with E-state index in [-0.39, 0.29) is 17.4 Å². The zero-order valence-electron chi connectivity index (χ0n) is 20.8. The van der Waals surface area contributed by atoms with Gasteiger partial charge in [-0.15, -0.1) is 0 Å². The number of primary amides is 1. The second-order valence-electron chi connectivity index (χ2n) is 9.28. The number of carbonyl (C=O) groups excluding carboxylic acids is 2. The molecule has 2 aliphatic rings. The molecule has 1 saturated heterocycles. The summed E-state index contributed by atoms with van der Waals surface area (Å²) in [5.74, 6) is 0.871. The number of fused-ring (bicyclic) bond motifs is 5. The Kier molecular flexibility index (Phi) is 6.49. The number of piperidine rings is 1. The van der Waals surface area contributed by atoms with Crippen molar-refractivity contribution in [2.75, 3.05) is 26.5 Å². The normalized spacial score (nSPS) is 22.4. The minimum absolute atomic E-state index is 0.273. The predicted molar refractivity (Wildman–Crippen MR) is 139 cm³/mol. The van der Waals surface area contributed by atoms with Crippen LogP contribution in [0.5, 0.6) is 17.2 Å². The van der Waals surface area contributed by atoms with Gasteiger partial charge in [-0.1, -0.05) is 18.2 Å². The number of aromatic nitrogens is 2. The molecule has 3 atom stereocenters. The Morgan fingerprint density at radius 3 is 2.70 bits per heavy atom. The van der Waals surface area contributed by atoms with Crippen LogP contribution in [-0.4, -0.2) is 58.9 Å². The maximum absolute atomic E-state index is 13.4. The van der Waals surface area contributed by atoms with Crippen LogP contribution in [0.4, 0.5) is 0 Å². The van der Waals surface area contributed by atoms with Crippen LogP contribution >= 0.6 is 11.8 Å². The fourth-order valence-electron chi connectivity index (χ4n) is 5.29. The lowest BCUT2D eigenvalue weighted by molar-refractivity contribution is -0.174. The van der Waals surface area contributed by atoms with E-state index in [1.807, 2.05) is 31.2 Å². The quantitative estimate of drug-likeness (QED) is 0.339. The van der Waals surface area contributed by atoms with Crippen molar-refractivity contribution in [1.82, 2.24) is 14.9 Å². The third-order valence-corrected chi connectivity index (χ3v) is 7.97. The van der Waals surface area contributed by atoms with Gasteiger partial charge in [-0.2, -0.15) is 11.8 Å². The number of amides is 2. The van der Waals surface area contributed by atoms with Gasteiger partial charge in [-0.05, 0) is 24.6 Å². The van der Waals surface area contributed by atoms with E-state index in [9.17, 15) is 14.4 Å². The van der Waals surface area contributed by atoms with Gasteiger partial charge in [-0.25, -0.2) is 4.98 Å². The minimum Gasteiger partial charge on any atom is -0.493 e. The van der Waals surface area contributed by atoms with E-state index in [1.54, 1.807) is 17.0 Å². The predicted octanol–water partition coefficient (Wildman–Crippen LogP) is 2.40. The van der Waals surface area contributed by atoms with Crippen LogP contribution in [0.25, 0.3) is 10.9 Å². The van der Waals surface area contributed by atoms with Crippen molar-refractivity contribution in [1.29, 1.82) is 0 Å². The molecule has 0 saturated carbocycles. The fourth-order valence-corrected chi connectivity index (χ4v) is 6.07. The van der Waals surface area contributed by atoms with Crippen LogP contribution in [0, 0.1) is 5.92 Å². The number of para-hydroxylation sites is 1. The number of thioether (sulfide) groups is 1. The third-order valence-electron chi connectivity index (χ3n) is 7.02. The molecule has 1 aromatic heterocycles. The van der Waals surface area contributed by atoms with Crippen LogP contribution in [0.3, 0.4) is 0 Å². The van der Waals surface area contributed by atoms with Gasteiger partial charge in [0.25, 0.3) is 5.56 Å². The van der Waals surface area contributed by atoms with Crippen molar-refractivity contribution in [2.24, 2.45) is 11.7 Å². The number of nitrogens with zero attached hydrogens (tertiary/aromatic N) is 2. The van der Waals surface area contributed by atoms with E-state index in [2.05, 4.69) is 9.97 Å². The Bertz CT molecular complexity index is 1440. The lowest BCUT2D eigenvalue weighted by Gasteiger charge is -2.52. The fraction of sp³-hybridized carbons (Fsp3) is 0.385. The average molecular weight is 525 g/mol. The van der Waals surface area contributed by atoms with E-state index in [0.29, 0.717) is 58.4 Å². The van der Waals surface area contributed by atoms with Gasteiger partial charge in [0.15, 0.2) is 17.2 Å². The maximum Gasteiger partial charge on any atom is 0.258 e. The number of rotatable bonds is 8. The van der Waals surface area contributed by atoms with Crippen molar-refractivity contribution in [3.05, 3.63) is 58.1 Å². The van der Waals surface area contributed by atoms with Gasteiger partial charge in [-0.3, -0.25) is 14.4 Å². The number of H-pyrrole nitrogens is 1. The third kappa shape index (κ3) is 4.37. The molecule has 0 radical (unpaired) electrons. The highest BCUT2D eigenvalue weighted by molar-refractivity contribution is 7.98. The van der Waals surface area contributed by atoms with Crippen LogP contribution in [-0.2, 0) is 15.3 Å². The summed E-state index contributed by atoms with van der Waals surface area (Å²) in [4.78, 5) is 47.4. The van der Waals surface area contributed by atoms with E-state index in [4.69, 9.17) is 19.9 Å². The molecular formula is C26H28N4O6S. The summed E-state index contributed by atoms with van der Waals surface area (Å²) in [5.41, 5.74) is 5.88. The summed E-state index contributed by atoms with van der Waals surface area (Å²) in [6.07, 6.45) is 0.485. The minimum atomic E-state index is -0.936. The Balaban J connectivity index is 1.31. The lowest BCUT2D eigenvalue weighted by Crippen LogP contribution is -2.64. The first-order chi connectivity index (χ1) is 17.8. The number of benzene rings is 2. The molecule has 11 heteroatoms. The number of nitrogens with two attached hydrogens (primary N) is 1. The van der Waals surface area contributed by atoms with E-state index < -0.39 is 17.6 Å². The Morgan fingerprint density at radius 1 is 1.24 bits per heavy atom. The highest BCUT2D eigenvalue weighted by Crippen LogP contribution is 2.50. The van der Waals surface area contributed by atoms with Gasteiger partial charge in [0.1, 0.15) is 17.5 Å². The zero-order valence-corrected chi connectivity index (χ0v) is 21.6. The molecule has 3 heterocycles. The van der Waals surface area contributed by atoms with E-state index >= 15 is 0 Å². The number of ether oxygens (including phenoxy) is 3. The van der Waals surface area contributed by atoms with Crippen molar-refractivity contribution >= 4 is 34.5 Å². The van der Waals surface area contributed by atoms with Crippen LogP contribution in [0.2, 0.25) is 0 Å². The molecule has 2 aromatic carbocycles. The van der Waals surface area contributed by atoms with Crippen molar-refractivity contribution < 1.29 is 23.8 Å². The number of nitrogens with one attached hydrogen (secondary N) is 1. The summed E-state index contributed by atoms with van der Waals surface area (Å²) >= 11 is 1.51. The van der Waals surface area contributed by atoms with Crippen LogP contribution in [0.15, 0.2) is 41.2 Å². The Labute approximate surface area is 217 Å². The molecule has 37 heavy (non-hydrogen) atoms. The smallest absolute Gasteiger partial charge is 0.258 e. The molecule has 2 aliphatic heterocycles. The molecule has 2 amide bonds. The summed E-state index contributed by atoms with van der Waals surface area (Å²) in [7, 11) is 3.03. The number of aromatic amines is 1. The molecule has 10 nitrogen and oxygen atoms in total. The monoisotopic (exact) mass is 524 g/mol. The highest BCUT2D eigenvalue weighted by Gasteiger charge is 2.55. The number of carbonyl (C=O) groups is 2. The molecule has 5 rings (SSSR count). The molecule has 194 valence electrons. The average Bonchev–Trinajstić information content (AvgIpc) is 2.87. The van der Waals surface area contributed by atoms with Gasteiger partial charge in [0.05, 0.1) is 30.9 Å². The first kappa shape index (κ1) is 24.9. The van der Waals surface area contributed by atoms with Gasteiger partial charge in [0, 0.05) is 30.7 Å². The number of hydrogen-bond acceptors (Lipinski definition) is 8. The summed E-state index contributed by atoms with van der Waals surface area (Å²) in [5, 5.41) is 0.403. The Hall–Kier alpha value is -3.73. The molecule has 0 unspecified atom stereocenters. The first-order valence-electron chi connectivity index (χ1n) is 11.9. The zero-order chi connectivity index (χ0) is 26.3. The summed E-state index contributed by atoms with van der Waals surface area (Å²) in [6.45, 7) is 2.22. The van der Waals surface area contributed by atoms with Crippen molar-refractivity contribution in [2.45, 2.75) is 30.7 Å².